The number of nitrogens with zero attached hydrogens (tertiary/aromatic N) is 2. The molecule has 0 unspecified atom stereocenters. The first kappa shape index (κ1) is 11.5. The molecule has 2 rings (SSSR count). The van der Waals surface area contributed by atoms with Gasteiger partial charge < -0.3 is 11.1 Å². The molecule has 0 saturated carbocycles. The maximum absolute atomic E-state index is 11.7. The molecule has 5 nitrogen and oxygen atoms in total. The molecule has 1 aliphatic rings. The van der Waals surface area contributed by atoms with E-state index in [0.717, 1.165) is 25.9 Å². The van der Waals surface area contributed by atoms with Crippen LogP contribution in [0, 0.1) is 0 Å². The van der Waals surface area contributed by atoms with E-state index in [4.69, 9.17) is 5.73 Å². The van der Waals surface area contributed by atoms with Crippen molar-refractivity contribution in [2.45, 2.75) is 18.9 Å². The van der Waals surface area contributed by atoms with Crippen molar-refractivity contribution in [2.75, 3.05) is 25.0 Å². The van der Waals surface area contributed by atoms with E-state index in [1.807, 2.05) is 5.38 Å². The second-order valence-corrected chi connectivity index (χ2v) is 4.92. The maximum atomic E-state index is 11.7. The van der Waals surface area contributed by atoms with Crippen molar-refractivity contribution in [2.24, 2.45) is 5.73 Å². The fourth-order valence-corrected chi connectivity index (χ4v) is 2.43. The van der Waals surface area contributed by atoms with Gasteiger partial charge in [-0.05, 0) is 19.4 Å². The number of likely N-dealkylation sites (tertiary alicyclic amines) is 1. The second-order valence-electron chi connectivity index (χ2n) is 4.02. The average Bonchev–Trinajstić information content (AvgIpc) is 2.70. The van der Waals surface area contributed by atoms with Crippen LogP contribution >= 0.6 is 11.3 Å². The van der Waals surface area contributed by atoms with E-state index in [0.29, 0.717) is 11.7 Å². The molecule has 1 saturated heterocycles. The fraction of sp³-hybridized carbons (Fsp3) is 0.600. The molecule has 0 spiro atoms. The summed E-state index contributed by atoms with van der Waals surface area (Å²) in [5, 5.41) is 5.27. The lowest BCUT2D eigenvalue weighted by molar-refractivity contribution is -0.117. The van der Waals surface area contributed by atoms with Crippen LogP contribution in [0.2, 0.25) is 0 Å². The first-order valence-electron chi connectivity index (χ1n) is 5.41. The Morgan fingerprint density at radius 1 is 1.75 bits per heavy atom. The number of carbonyl (C=O) groups excluding carboxylic acids is 1. The van der Waals surface area contributed by atoms with E-state index < -0.39 is 0 Å². The van der Waals surface area contributed by atoms with E-state index in [9.17, 15) is 4.79 Å². The Hall–Kier alpha value is -0.980. The van der Waals surface area contributed by atoms with E-state index >= 15 is 0 Å². The molecule has 1 aliphatic heterocycles. The SMILES string of the molecule is N[C@H]1CCCN(CC(=O)Nc2nccs2)C1. The van der Waals surface area contributed by atoms with Crippen LogP contribution in [0.25, 0.3) is 0 Å². The van der Waals surface area contributed by atoms with Crippen LogP contribution < -0.4 is 11.1 Å². The third kappa shape index (κ3) is 3.26. The zero-order valence-corrected chi connectivity index (χ0v) is 9.87. The number of nitrogens with one attached hydrogen (secondary N) is 1. The summed E-state index contributed by atoms with van der Waals surface area (Å²) in [4.78, 5) is 17.8. The van der Waals surface area contributed by atoms with E-state index in [1.54, 1.807) is 6.20 Å². The molecule has 3 N–H and O–H groups in total. The first-order valence-corrected chi connectivity index (χ1v) is 6.29. The van der Waals surface area contributed by atoms with Crippen molar-refractivity contribution >= 4 is 22.4 Å². The number of hydrogen-bond donors (Lipinski definition) is 2. The van der Waals surface area contributed by atoms with Crippen LogP contribution in [0.15, 0.2) is 11.6 Å². The van der Waals surface area contributed by atoms with Gasteiger partial charge in [0, 0.05) is 24.2 Å². The average molecular weight is 240 g/mol. The molecule has 1 aromatic heterocycles. The predicted molar refractivity (Wildman–Crippen MR) is 64.4 cm³/mol. The Balaban J connectivity index is 1.78. The number of nitrogens with two attached hydrogens (primary N) is 1. The number of carbonyl (C=O) groups is 1. The number of rotatable bonds is 3. The van der Waals surface area contributed by atoms with Crippen molar-refractivity contribution in [3.63, 3.8) is 0 Å². The molecule has 88 valence electrons. The molecule has 1 aromatic rings. The third-order valence-electron chi connectivity index (χ3n) is 2.59. The van der Waals surface area contributed by atoms with Gasteiger partial charge in [0.25, 0.3) is 0 Å². The van der Waals surface area contributed by atoms with Crippen LogP contribution in [0.1, 0.15) is 12.8 Å². The van der Waals surface area contributed by atoms with Gasteiger partial charge in [-0.3, -0.25) is 9.69 Å². The summed E-state index contributed by atoms with van der Waals surface area (Å²) < 4.78 is 0. The van der Waals surface area contributed by atoms with Gasteiger partial charge >= 0.3 is 0 Å². The summed E-state index contributed by atoms with van der Waals surface area (Å²) in [5.41, 5.74) is 5.85. The van der Waals surface area contributed by atoms with Crippen molar-refractivity contribution < 1.29 is 4.79 Å². The number of amides is 1. The summed E-state index contributed by atoms with van der Waals surface area (Å²) in [5.74, 6) is -0.0101. The zero-order chi connectivity index (χ0) is 11.4. The monoisotopic (exact) mass is 240 g/mol. The maximum Gasteiger partial charge on any atom is 0.240 e. The molecule has 1 atom stereocenters. The molecule has 1 amide bonds. The smallest absolute Gasteiger partial charge is 0.240 e. The van der Waals surface area contributed by atoms with Gasteiger partial charge in [0.2, 0.25) is 5.91 Å². The predicted octanol–water partition coefficient (Wildman–Crippen LogP) is 0.505. The van der Waals surface area contributed by atoms with Crippen molar-refractivity contribution in [1.29, 1.82) is 0 Å². The lowest BCUT2D eigenvalue weighted by Gasteiger charge is -2.29. The number of anilines is 1. The summed E-state index contributed by atoms with van der Waals surface area (Å²) in [6.45, 7) is 2.18. The highest BCUT2D eigenvalue weighted by Gasteiger charge is 2.18. The first-order chi connectivity index (χ1) is 7.74. The highest BCUT2D eigenvalue weighted by molar-refractivity contribution is 7.13. The van der Waals surface area contributed by atoms with Crippen LogP contribution in [0.3, 0.4) is 0 Å². The highest BCUT2D eigenvalue weighted by Crippen LogP contribution is 2.11. The molecule has 2 heterocycles. The van der Waals surface area contributed by atoms with Crippen molar-refractivity contribution in [3.05, 3.63) is 11.6 Å². The second kappa shape index (κ2) is 5.38. The van der Waals surface area contributed by atoms with Gasteiger partial charge in [0.1, 0.15) is 0 Å². The topological polar surface area (TPSA) is 71.2 Å². The Morgan fingerprint density at radius 3 is 3.31 bits per heavy atom. The van der Waals surface area contributed by atoms with Crippen LogP contribution in [0.4, 0.5) is 5.13 Å². The quantitative estimate of drug-likeness (QED) is 0.807. The van der Waals surface area contributed by atoms with E-state index in [2.05, 4.69) is 15.2 Å². The van der Waals surface area contributed by atoms with Gasteiger partial charge in [-0.25, -0.2) is 4.98 Å². The molecule has 16 heavy (non-hydrogen) atoms. The summed E-state index contributed by atoms with van der Waals surface area (Å²) in [6.07, 6.45) is 3.81. The standard InChI is InChI=1S/C10H16N4OS/c11-8-2-1-4-14(6-8)7-9(15)13-10-12-3-5-16-10/h3,5,8H,1-2,4,6-7,11H2,(H,12,13,15)/t8-/m0/s1. The van der Waals surface area contributed by atoms with Crippen LogP contribution in [-0.4, -0.2) is 41.5 Å². The van der Waals surface area contributed by atoms with Crippen molar-refractivity contribution in [1.82, 2.24) is 9.88 Å². The van der Waals surface area contributed by atoms with Gasteiger partial charge in [0.15, 0.2) is 5.13 Å². The Morgan fingerprint density at radius 2 is 2.62 bits per heavy atom. The lowest BCUT2D eigenvalue weighted by Crippen LogP contribution is -2.45. The van der Waals surface area contributed by atoms with E-state index in [1.165, 1.54) is 11.3 Å². The number of piperidine rings is 1. The fourth-order valence-electron chi connectivity index (χ4n) is 1.88. The molecule has 6 heteroatoms. The number of aromatic nitrogens is 1. The summed E-state index contributed by atoms with van der Waals surface area (Å²) in [7, 11) is 0. The largest absolute Gasteiger partial charge is 0.327 e. The minimum Gasteiger partial charge on any atom is -0.327 e. The van der Waals surface area contributed by atoms with Gasteiger partial charge in [-0.1, -0.05) is 0 Å². The van der Waals surface area contributed by atoms with Gasteiger partial charge in [-0.2, -0.15) is 0 Å². The molecular formula is C10H16N4OS. The van der Waals surface area contributed by atoms with Crippen molar-refractivity contribution in [3.8, 4) is 0 Å². The Labute approximate surface area is 98.7 Å². The highest BCUT2D eigenvalue weighted by atomic mass is 32.1. The molecule has 0 aromatic carbocycles. The zero-order valence-electron chi connectivity index (χ0n) is 9.06. The minimum atomic E-state index is -0.0101. The third-order valence-corrected chi connectivity index (χ3v) is 3.28. The molecular weight excluding hydrogens is 224 g/mol. The summed E-state index contributed by atoms with van der Waals surface area (Å²) in [6, 6.07) is 0.210. The van der Waals surface area contributed by atoms with Gasteiger partial charge in [-0.15, -0.1) is 11.3 Å². The van der Waals surface area contributed by atoms with Crippen LogP contribution in [-0.2, 0) is 4.79 Å². The number of thiazole rings is 1. The molecule has 1 fully saturated rings. The van der Waals surface area contributed by atoms with E-state index in [-0.39, 0.29) is 11.9 Å². The number of hydrogen-bond acceptors (Lipinski definition) is 5. The molecule has 0 radical (unpaired) electrons. The lowest BCUT2D eigenvalue weighted by atomic mass is 10.1. The van der Waals surface area contributed by atoms with Gasteiger partial charge in [0.05, 0.1) is 6.54 Å². The molecule has 0 aliphatic carbocycles. The minimum absolute atomic E-state index is 0.0101. The van der Waals surface area contributed by atoms with Crippen LogP contribution in [0.5, 0.6) is 0 Å². The normalized spacial score (nSPS) is 21.9. The molecule has 0 bridgehead atoms. The Bertz CT molecular complexity index is 341. The Kier molecular flexibility index (Phi) is 3.87. The summed E-state index contributed by atoms with van der Waals surface area (Å²) >= 11 is 1.43.